The van der Waals surface area contributed by atoms with Gasteiger partial charge in [-0.05, 0) is 53.9 Å². The van der Waals surface area contributed by atoms with Gasteiger partial charge in [0, 0.05) is 18.8 Å². The third-order valence-electron chi connectivity index (χ3n) is 4.94. The van der Waals surface area contributed by atoms with Crippen LogP contribution in [0, 0.1) is 0 Å². The number of hydrogen-bond acceptors (Lipinski definition) is 4. The zero-order chi connectivity index (χ0) is 21.4. The van der Waals surface area contributed by atoms with Crippen LogP contribution in [0.5, 0.6) is 0 Å². The van der Waals surface area contributed by atoms with E-state index in [1.165, 1.54) is 16.4 Å². The highest BCUT2D eigenvalue weighted by atomic mass is 35.5. The summed E-state index contributed by atoms with van der Waals surface area (Å²) < 4.78 is 55.2. The van der Waals surface area contributed by atoms with Crippen LogP contribution in [0.3, 0.4) is 0 Å². The van der Waals surface area contributed by atoms with Crippen molar-refractivity contribution in [2.24, 2.45) is 0 Å². The van der Waals surface area contributed by atoms with E-state index in [1.807, 2.05) is 6.07 Å². The van der Waals surface area contributed by atoms with E-state index >= 15 is 0 Å². The molecule has 0 radical (unpaired) electrons. The molecule has 0 unspecified atom stereocenters. The Labute approximate surface area is 181 Å². The molecule has 0 saturated heterocycles. The molecule has 6 nitrogen and oxygen atoms in total. The minimum atomic E-state index is -3.87. The molecule has 9 heteroatoms. The number of nitrogens with one attached hydrogen (secondary N) is 1. The van der Waals surface area contributed by atoms with Crippen LogP contribution in [0.2, 0.25) is 5.02 Å². The Morgan fingerprint density at radius 2 is 1.53 bits per heavy atom. The summed E-state index contributed by atoms with van der Waals surface area (Å²) in [5.74, 6) is 0. The third-order valence-corrected chi connectivity index (χ3v) is 8.68. The first-order valence-corrected chi connectivity index (χ1v) is 12.5. The topological polar surface area (TPSA) is 83.6 Å². The van der Waals surface area contributed by atoms with E-state index in [-0.39, 0.29) is 21.4 Å². The Bertz CT molecular complexity index is 1290. The normalized spacial score (nSPS) is 14.8. The molecule has 1 N–H and O–H groups in total. The minimum Gasteiger partial charge on any atom is -0.280 e. The molecule has 0 fully saturated rings. The lowest BCUT2D eigenvalue weighted by molar-refractivity contribution is 0.391. The van der Waals surface area contributed by atoms with Gasteiger partial charge in [0.25, 0.3) is 10.0 Å². The highest BCUT2D eigenvalue weighted by Crippen LogP contribution is 2.29. The van der Waals surface area contributed by atoms with Crippen LogP contribution >= 0.6 is 11.6 Å². The molecular weight excluding hydrogens is 444 g/mol. The molecule has 30 heavy (non-hydrogen) atoms. The Hall–Kier alpha value is -2.39. The van der Waals surface area contributed by atoms with E-state index in [4.69, 9.17) is 11.6 Å². The molecule has 1 aliphatic heterocycles. The van der Waals surface area contributed by atoms with Gasteiger partial charge in [-0.3, -0.25) is 4.72 Å². The summed E-state index contributed by atoms with van der Waals surface area (Å²) in [5.41, 5.74) is 2.11. The van der Waals surface area contributed by atoms with E-state index < -0.39 is 20.0 Å². The highest BCUT2D eigenvalue weighted by Gasteiger charge is 2.28. The van der Waals surface area contributed by atoms with Gasteiger partial charge in [-0.1, -0.05) is 48.0 Å². The molecule has 3 aromatic rings. The van der Waals surface area contributed by atoms with E-state index in [9.17, 15) is 16.8 Å². The number of rotatable bonds is 5. The zero-order valence-corrected chi connectivity index (χ0v) is 18.2. The number of sulfonamides is 2. The number of anilines is 1. The van der Waals surface area contributed by atoms with Crippen LogP contribution in [-0.2, 0) is 33.0 Å². The first-order chi connectivity index (χ1) is 14.3. The predicted molar refractivity (Wildman–Crippen MR) is 116 cm³/mol. The lowest BCUT2D eigenvalue weighted by Crippen LogP contribution is -2.36. The van der Waals surface area contributed by atoms with Gasteiger partial charge in [0.2, 0.25) is 10.0 Å². The van der Waals surface area contributed by atoms with Crippen LogP contribution in [0.15, 0.2) is 82.6 Å². The van der Waals surface area contributed by atoms with E-state index in [2.05, 4.69) is 4.72 Å². The van der Waals surface area contributed by atoms with Crippen LogP contribution < -0.4 is 4.72 Å². The fourth-order valence-electron chi connectivity index (χ4n) is 3.41. The Morgan fingerprint density at radius 1 is 0.833 bits per heavy atom. The number of benzene rings is 3. The molecule has 0 saturated carbocycles. The van der Waals surface area contributed by atoms with Crippen molar-refractivity contribution >= 4 is 37.3 Å². The highest BCUT2D eigenvalue weighted by molar-refractivity contribution is 7.92. The summed E-state index contributed by atoms with van der Waals surface area (Å²) >= 11 is 6.03. The van der Waals surface area contributed by atoms with Crippen molar-refractivity contribution in [1.82, 2.24) is 4.31 Å². The maximum Gasteiger partial charge on any atom is 0.263 e. The van der Waals surface area contributed by atoms with Crippen molar-refractivity contribution < 1.29 is 16.8 Å². The average Bonchev–Trinajstić information content (AvgIpc) is 2.73. The van der Waals surface area contributed by atoms with Gasteiger partial charge < -0.3 is 0 Å². The Balaban J connectivity index is 1.60. The van der Waals surface area contributed by atoms with Crippen LogP contribution in [0.1, 0.15) is 11.1 Å². The van der Waals surface area contributed by atoms with Crippen molar-refractivity contribution in [1.29, 1.82) is 0 Å². The second kappa shape index (κ2) is 8.03. The summed E-state index contributed by atoms with van der Waals surface area (Å²) in [6.07, 6.45) is 0.555. The van der Waals surface area contributed by atoms with Gasteiger partial charge in [-0.15, -0.1) is 0 Å². The van der Waals surface area contributed by atoms with Crippen LogP contribution in [0.25, 0.3) is 0 Å². The van der Waals surface area contributed by atoms with Gasteiger partial charge in [0.1, 0.15) is 4.90 Å². The molecule has 0 bridgehead atoms. The molecule has 4 rings (SSSR count). The maximum absolute atomic E-state index is 12.9. The monoisotopic (exact) mass is 462 g/mol. The van der Waals surface area contributed by atoms with Gasteiger partial charge in [-0.2, -0.15) is 4.31 Å². The van der Waals surface area contributed by atoms with Gasteiger partial charge in [0.15, 0.2) is 0 Å². The maximum atomic E-state index is 12.9. The Morgan fingerprint density at radius 3 is 2.27 bits per heavy atom. The largest absolute Gasteiger partial charge is 0.280 e. The number of fused-ring (bicyclic) bond motifs is 1. The van der Waals surface area contributed by atoms with E-state index in [0.29, 0.717) is 18.7 Å². The fourth-order valence-corrected chi connectivity index (χ4v) is 6.42. The molecule has 1 aliphatic rings. The van der Waals surface area contributed by atoms with Crippen molar-refractivity contribution in [3.8, 4) is 0 Å². The molecule has 0 spiro atoms. The molecule has 0 aromatic heterocycles. The predicted octanol–water partition coefficient (Wildman–Crippen LogP) is 3.89. The molecule has 0 amide bonds. The quantitative estimate of drug-likeness (QED) is 0.623. The summed E-state index contributed by atoms with van der Waals surface area (Å²) in [6.45, 7) is 0.545. The average molecular weight is 463 g/mol. The van der Waals surface area contributed by atoms with Gasteiger partial charge in [-0.25, -0.2) is 16.8 Å². The fraction of sp³-hybridized carbons (Fsp3) is 0.143. The van der Waals surface area contributed by atoms with Crippen LogP contribution in [0.4, 0.5) is 5.69 Å². The van der Waals surface area contributed by atoms with Gasteiger partial charge in [0.05, 0.1) is 9.92 Å². The molecule has 0 atom stereocenters. The van der Waals surface area contributed by atoms with Gasteiger partial charge >= 0.3 is 0 Å². The lowest BCUT2D eigenvalue weighted by Gasteiger charge is -2.28. The second-order valence-electron chi connectivity index (χ2n) is 6.92. The molecular formula is C21H19ClN2O4S2. The van der Waals surface area contributed by atoms with Crippen molar-refractivity contribution in [3.05, 3.63) is 88.9 Å². The molecule has 156 valence electrons. The number of nitrogens with zero attached hydrogens (tertiary/aromatic N) is 1. The summed E-state index contributed by atoms with van der Waals surface area (Å²) in [5, 5.41) is 0.128. The third kappa shape index (κ3) is 4.09. The molecule has 0 aliphatic carbocycles. The summed E-state index contributed by atoms with van der Waals surface area (Å²) in [7, 11) is -7.49. The number of halogens is 1. The van der Waals surface area contributed by atoms with E-state index in [1.54, 1.807) is 54.6 Å². The van der Waals surface area contributed by atoms with Crippen LogP contribution in [-0.4, -0.2) is 27.7 Å². The summed E-state index contributed by atoms with van der Waals surface area (Å²) in [4.78, 5) is 0.224. The first-order valence-electron chi connectivity index (χ1n) is 9.22. The lowest BCUT2D eigenvalue weighted by atomic mass is 10.0. The van der Waals surface area contributed by atoms with Crippen molar-refractivity contribution in [2.45, 2.75) is 22.8 Å². The zero-order valence-electron chi connectivity index (χ0n) is 15.8. The molecule has 1 heterocycles. The summed E-state index contributed by atoms with van der Waals surface area (Å²) in [6, 6.07) is 19.6. The first kappa shape index (κ1) is 20.9. The smallest absolute Gasteiger partial charge is 0.263 e. The minimum absolute atomic E-state index is 0.0160. The Kier molecular flexibility index (Phi) is 5.59. The standard InChI is InChI=1S/C21H19ClN2O4S2/c22-20-8-4-5-9-21(20)29(25,26)23-18-11-10-16-12-13-24(15-17(16)14-18)30(27,28)19-6-2-1-3-7-19/h1-11,14,23H,12-13,15H2. The molecule has 3 aromatic carbocycles. The van der Waals surface area contributed by atoms with Crippen molar-refractivity contribution in [2.75, 3.05) is 11.3 Å². The van der Waals surface area contributed by atoms with E-state index in [0.717, 1.165) is 11.1 Å². The second-order valence-corrected chi connectivity index (χ2v) is 10.9. The SMILES string of the molecule is O=S(=O)(Nc1ccc2c(c1)CN(S(=O)(=O)c1ccccc1)CC2)c1ccccc1Cl. The van der Waals surface area contributed by atoms with Crippen molar-refractivity contribution in [3.63, 3.8) is 0 Å². The number of hydrogen-bond donors (Lipinski definition) is 1.